The van der Waals surface area contributed by atoms with Crippen LogP contribution in [0.15, 0.2) is 133 Å². The van der Waals surface area contributed by atoms with Gasteiger partial charge in [-0.2, -0.15) is 13.4 Å². The van der Waals surface area contributed by atoms with Crippen LogP contribution in [0.3, 0.4) is 0 Å². The molecule has 8 rings (SSSR count). The zero-order valence-electron chi connectivity index (χ0n) is 47.9. The molecule has 2 atom stereocenters. The van der Waals surface area contributed by atoms with Gasteiger partial charge in [-0.1, -0.05) is 79.9 Å². The van der Waals surface area contributed by atoms with Gasteiger partial charge in [-0.05, 0) is 141 Å². The average Bonchev–Trinajstić information content (AvgIpc) is 3.39. The number of methoxy groups -OCH3 is 1. The van der Waals surface area contributed by atoms with Crippen molar-refractivity contribution in [1.82, 2.24) is 24.5 Å². The van der Waals surface area contributed by atoms with E-state index >= 15 is 0 Å². The number of benzene rings is 5. The van der Waals surface area contributed by atoms with Crippen LogP contribution in [0, 0.1) is 26.6 Å². The molecule has 0 aliphatic carbocycles. The molecular formula is C62H66Cl2FN5O11SSi. The summed E-state index contributed by atoms with van der Waals surface area (Å²) in [6.45, 7) is 21.1. The molecule has 0 aliphatic heterocycles. The van der Waals surface area contributed by atoms with Gasteiger partial charge in [0.15, 0.2) is 11.6 Å². The van der Waals surface area contributed by atoms with Gasteiger partial charge in [0, 0.05) is 18.2 Å². The zero-order chi connectivity index (χ0) is 59.8. The maximum absolute atomic E-state index is 14.7. The molecule has 5 aromatic carbocycles. The zero-order valence-corrected chi connectivity index (χ0v) is 51.2. The molecule has 0 saturated heterocycles. The lowest BCUT2D eigenvalue weighted by Gasteiger charge is -2.36. The van der Waals surface area contributed by atoms with Crippen LogP contribution in [0.4, 0.5) is 4.39 Å². The Morgan fingerprint density at radius 1 is 0.867 bits per heavy atom. The maximum Gasteiger partial charge on any atom is 0.347 e. The number of aryl methyl sites for hydroxylation is 1. The summed E-state index contributed by atoms with van der Waals surface area (Å²) in [5, 5.41) is -0.0207. The quantitative estimate of drug-likeness (QED) is 0.0173. The third kappa shape index (κ3) is 14.3. The fraction of sp³-hybridized carbons (Fsp3) is 0.306. The molecule has 0 fully saturated rings. The summed E-state index contributed by atoms with van der Waals surface area (Å²) in [6, 6.07) is 28.6. The van der Waals surface area contributed by atoms with Crippen molar-refractivity contribution in [2.24, 2.45) is 0 Å². The second kappa shape index (κ2) is 26.5. The fourth-order valence-corrected chi connectivity index (χ4v) is 11.2. The predicted molar refractivity (Wildman–Crippen MR) is 321 cm³/mol. The van der Waals surface area contributed by atoms with E-state index in [1.807, 2.05) is 43.3 Å². The summed E-state index contributed by atoms with van der Waals surface area (Å²) in [4.78, 5) is 33.0. The van der Waals surface area contributed by atoms with E-state index in [-0.39, 0.29) is 64.5 Å². The fourth-order valence-electron chi connectivity index (χ4n) is 8.72. The van der Waals surface area contributed by atoms with Crippen LogP contribution in [0.1, 0.15) is 55.6 Å². The van der Waals surface area contributed by atoms with Crippen molar-refractivity contribution in [3.63, 3.8) is 0 Å². The van der Waals surface area contributed by atoms with Crippen LogP contribution in [0.25, 0.3) is 39.4 Å². The van der Waals surface area contributed by atoms with Gasteiger partial charge in [-0.15, -0.1) is 6.58 Å². The number of rotatable bonds is 25. The second-order valence-electron chi connectivity index (χ2n) is 21.0. The highest BCUT2D eigenvalue weighted by Crippen LogP contribution is 2.47. The summed E-state index contributed by atoms with van der Waals surface area (Å²) in [6.07, 6.45) is 2.02. The third-order valence-electron chi connectivity index (χ3n) is 14.1. The standard InChI is InChI=1S/C62H66Cl2FN5O11SSi/c1-12-30-75-35-46(36-78-82(72,73)47-25-18-38(3)19-26-47)79-58-54(63)39(4)56(40(5)55(58)64)70-50(41-20-22-43(65)23-21-41)33-49-57(70)60(68-37-67-49)80-53(61(71)76-13-2)32-42-31-45(81-83(10,11)62(6,7)8)24-27-51(42)77-34-44-28-29-66-59(69-44)48-16-14-15-17-52(48)74-9/h12,14-29,31,33,37,46,53H,1,13,30,32,34-36H2,2-11H3/t46-,53-/m1/s1. The molecule has 3 aromatic heterocycles. The molecule has 0 N–H and O–H groups in total. The molecule has 3 heterocycles. The van der Waals surface area contributed by atoms with Crippen molar-refractivity contribution in [2.45, 2.75) is 96.7 Å². The summed E-state index contributed by atoms with van der Waals surface area (Å²) in [5.74, 6) is 0.906. The van der Waals surface area contributed by atoms with Gasteiger partial charge >= 0.3 is 5.97 Å². The predicted octanol–water partition coefficient (Wildman–Crippen LogP) is 13.8. The molecule has 0 bridgehead atoms. The molecule has 21 heteroatoms. The first-order valence-corrected chi connectivity index (χ1v) is 31.8. The highest BCUT2D eigenvalue weighted by atomic mass is 35.5. The van der Waals surface area contributed by atoms with Crippen molar-refractivity contribution < 1.29 is 54.6 Å². The largest absolute Gasteiger partial charge is 0.543 e. The Bertz CT molecular complexity index is 3720. The van der Waals surface area contributed by atoms with Crippen molar-refractivity contribution in [1.29, 1.82) is 0 Å². The van der Waals surface area contributed by atoms with E-state index in [0.717, 1.165) is 5.56 Å². The molecule has 0 saturated carbocycles. The van der Waals surface area contributed by atoms with Gasteiger partial charge < -0.3 is 37.4 Å². The molecule has 83 heavy (non-hydrogen) atoms. The van der Waals surface area contributed by atoms with Gasteiger partial charge in [0.1, 0.15) is 54.2 Å². The first kappa shape index (κ1) is 61.7. The van der Waals surface area contributed by atoms with Gasteiger partial charge in [-0.3, -0.25) is 4.18 Å². The first-order valence-electron chi connectivity index (χ1n) is 26.7. The van der Waals surface area contributed by atoms with E-state index in [4.69, 9.17) is 65.2 Å². The molecule has 16 nitrogen and oxygen atoms in total. The molecule has 0 aliphatic rings. The Hall–Kier alpha value is -7.39. The monoisotopic (exact) mass is 1210 g/mol. The lowest BCUT2D eigenvalue weighted by Crippen LogP contribution is -2.43. The smallest absolute Gasteiger partial charge is 0.347 e. The molecule has 0 radical (unpaired) electrons. The van der Waals surface area contributed by atoms with E-state index in [1.54, 1.807) is 87.2 Å². The third-order valence-corrected chi connectivity index (χ3v) is 20.6. The number of carbonyl (C=O) groups excluding carboxylic acids is 1. The van der Waals surface area contributed by atoms with E-state index in [1.165, 1.54) is 30.6 Å². The number of aromatic nitrogens is 5. The number of hydrogen-bond donors (Lipinski definition) is 0. The maximum atomic E-state index is 14.7. The number of ether oxygens (including phenoxy) is 6. The van der Waals surface area contributed by atoms with Crippen LogP contribution >= 0.6 is 23.2 Å². The Labute approximate surface area is 494 Å². The van der Waals surface area contributed by atoms with Gasteiger partial charge in [0.25, 0.3) is 10.1 Å². The second-order valence-corrected chi connectivity index (χ2v) is 28.1. The van der Waals surface area contributed by atoms with Crippen LogP contribution in [-0.2, 0) is 41.6 Å². The minimum atomic E-state index is -4.22. The Morgan fingerprint density at radius 2 is 1.58 bits per heavy atom. The van der Waals surface area contributed by atoms with Crippen LogP contribution in [-0.4, -0.2) is 93.0 Å². The van der Waals surface area contributed by atoms with E-state index < -0.39 is 49.0 Å². The van der Waals surface area contributed by atoms with Crippen molar-refractivity contribution in [3.8, 4) is 57.2 Å². The van der Waals surface area contributed by atoms with Crippen LogP contribution in [0.5, 0.6) is 28.9 Å². The van der Waals surface area contributed by atoms with Gasteiger partial charge in [-0.25, -0.2) is 24.1 Å². The number of halogens is 3. The van der Waals surface area contributed by atoms with Crippen molar-refractivity contribution >= 4 is 58.6 Å². The van der Waals surface area contributed by atoms with Gasteiger partial charge in [0.05, 0.1) is 70.0 Å². The Morgan fingerprint density at radius 3 is 2.25 bits per heavy atom. The number of nitrogens with zero attached hydrogens (tertiary/aromatic N) is 5. The number of para-hydroxylation sites is 1. The summed E-state index contributed by atoms with van der Waals surface area (Å²) in [7, 11) is -5.03. The highest BCUT2D eigenvalue weighted by molar-refractivity contribution is 7.86. The minimum Gasteiger partial charge on any atom is -0.543 e. The number of hydrogen-bond acceptors (Lipinski definition) is 15. The molecule has 0 amide bonds. The van der Waals surface area contributed by atoms with Crippen LogP contribution < -0.4 is 23.4 Å². The number of fused-ring (bicyclic) bond motifs is 1. The van der Waals surface area contributed by atoms with Crippen molar-refractivity contribution in [2.75, 3.05) is 33.5 Å². The lowest BCUT2D eigenvalue weighted by atomic mass is 10.1. The molecule has 0 spiro atoms. The number of esters is 1. The average molecular weight is 1210 g/mol. The number of carbonyl (C=O) groups is 1. The Balaban J connectivity index is 1.21. The highest BCUT2D eigenvalue weighted by Gasteiger charge is 2.39. The first-order chi connectivity index (χ1) is 39.5. The van der Waals surface area contributed by atoms with E-state index in [9.17, 15) is 17.6 Å². The summed E-state index contributed by atoms with van der Waals surface area (Å²) < 4.78 is 92.4. The van der Waals surface area contributed by atoms with E-state index in [0.29, 0.717) is 79.0 Å². The van der Waals surface area contributed by atoms with Gasteiger partial charge in [0.2, 0.25) is 20.3 Å². The normalized spacial score (nSPS) is 12.6. The van der Waals surface area contributed by atoms with E-state index in [2.05, 4.69) is 55.4 Å². The molecule has 0 unspecified atom stereocenters. The lowest BCUT2D eigenvalue weighted by molar-refractivity contribution is -0.151. The summed E-state index contributed by atoms with van der Waals surface area (Å²) >= 11 is 14.6. The Kier molecular flexibility index (Phi) is 19.7. The van der Waals surface area contributed by atoms with Crippen LogP contribution in [0.2, 0.25) is 28.2 Å². The van der Waals surface area contributed by atoms with Crippen molar-refractivity contribution in [3.05, 3.63) is 172 Å². The molecule has 8 aromatic rings. The topological polar surface area (TPSA) is 182 Å². The molecule has 436 valence electrons. The molecular weight excluding hydrogens is 1140 g/mol. The summed E-state index contributed by atoms with van der Waals surface area (Å²) in [5.41, 5.74) is 5.78. The minimum absolute atomic E-state index is 0.0261. The SMILES string of the molecule is C=CCOC[C@H](COS(=O)(=O)c1ccc(C)cc1)Oc1c(Cl)c(C)c(-n2c(-c3ccc(F)cc3)cc3ncnc(O[C@H](Cc4cc(O[Si](C)(C)C(C)(C)C)ccc4OCc4ccnc(-c5ccccc5OC)n4)C(=O)OCC)c32)c(C)c1Cl.